The molecule has 1 N–H and O–H groups in total. The smallest absolute Gasteiger partial charge is 0.133 e. The number of hydrogen-bond acceptors (Lipinski definition) is 4. The van der Waals surface area contributed by atoms with Crippen LogP contribution in [-0.2, 0) is 11.3 Å². The van der Waals surface area contributed by atoms with Crippen LogP contribution in [0.2, 0.25) is 0 Å². The van der Waals surface area contributed by atoms with Gasteiger partial charge in [0.25, 0.3) is 0 Å². The SMILES string of the molecule is CNCc1cc2ccccc2nc1N1CC2CCC(C1)O2. The number of fused-ring (bicyclic) bond motifs is 3. The van der Waals surface area contributed by atoms with E-state index in [-0.39, 0.29) is 0 Å². The van der Waals surface area contributed by atoms with E-state index in [0.717, 1.165) is 31.0 Å². The second-order valence-corrected chi connectivity index (χ2v) is 6.06. The number of morpholine rings is 1. The van der Waals surface area contributed by atoms with E-state index in [4.69, 9.17) is 9.72 Å². The van der Waals surface area contributed by atoms with Crippen LogP contribution in [0.3, 0.4) is 0 Å². The van der Waals surface area contributed by atoms with Crippen molar-refractivity contribution in [1.82, 2.24) is 10.3 Å². The van der Waals surface area contributed by atoms with Gasteiger partial charge in [0.05, 0.1) is 17.7 Å². The summed E-state index contributed by atoms with van der Waals surface area (Å²) in [6.45, 7) is 2.79. The molecule has 0 radical (unpaired) electrons. The van der Waals surface area contributed by atoms with Gasteiger partial charge in [0.15, 0.2) is 0 Å². The fourth-order valence-electron chi connectivity index (χ4n) is 3.53. The number of para-hydroxylation sites is 1. The Bertz CT molecular complexity index is 646. The minimum absolute atomic E-state index is 0.388. The monoisotopic (exact) mass is 283 g/mol. The number of aromatic nitrogens is 1. The molecule has 0 aliphatic carbocycles. The van der Waals surface area contributed by atoms with Crippen LogP contribution in [0, 0.1) is 0 Å². The van der Waals surface area contributed by atoms with Crippen LogP contribution < -0.4 is 10.2 Å². The lowest BCUT2D eigenvalue weighted by Crippen LogP contribution is -2.43. The molecular formula is C17H21N3O. The molecule has 4 heteroatoms. The molecule has 0 saturated carbocycles. The Hall–Kier alpha value is -1.65. The maximum atomic E-state index is 5.95. The summed E-state index contributed by atoms with van der Waals surface area (Å²) in [7, 11) is 1.99. The molecule has 2 unspecified atom stereocenters. The van der Waals surface area contributed by atoms with E-state index >= 15 is 0 Å². The van der Waals surface area contributed by atoms with Gasteiger partial charge >= 0.3 is 0 Å². The van der Waals surface area contributed by atoms with Crippen molar-refractivity contribution in [2.24, 2.45) is 0 Å². The number of pyridine rings is 1. The summed E-state index contributed by atoms with van der Waals surface area (Å²) in [5.41, 5.74) is 2.35. The Balaban J connectivity index is 1.76. The van der Waals surface area contributed by atoms with Crippen molar-refractivity contribution in [2.75, 3.05) is 25.0 Å². The second kappa shape index (κ2) is 5.28. The predicted octanol–water partition coefficient (Wildman–Crippen LogP) is 2.32. The Morgan fingerprint density at radius 1 is 1.24 bits per heavy atom. The topological polar surface area (TPSA) is 37.4 Å². The maximum absolute atomic E-state index is 5.95. The normalized spacial score (nSPS) is 24.7. The van der Waals surface area contributed by atoms with Gasteiger partial charge < -0.3 is 15.0 Å². The molecule has 2 bridgehead atoms. The summed E-state index contributed by atoms with van der Waals surface area (Å²) >= 11 is 0. The molecular weight excluding hydrogens is 262 g/mol. The van der Waals surface area contributed by atoms with Crippen LogP contribution in [0.15, 0.2) is 30.3 Å². The van der Waals surface area contributed by atoms with Crippen molar-refractivity contribution < 1.29 is 4.74 Å². The third kappa shape index (κ3) is 2.39. The van der Waals surface area contributed by atoms with Crippen molar-refractivity contribution in [2.45, 2.75) is 31.6 Å². The van der Waals surface area contributed by atoms with Gasteiger partial charge in [-0.05, 0) is 32.0 Å². The van der Waals surface area contributed by atoms with Crippen LogP contribution in [0.4, 0.5) is 5.82 Å². The van der Waals surface area contributed by atoms with Gasteiger partial charge in [-0.25, -0.2) is 4.98 Å². The highest BCUT2D eigenvalue weighted by Crippen LogP contribution is 2.31. The number of anilines is 1. The fourth-order valence-corrected chi connectivity index (χ4v) is 3.53. The lowest BCUT2D eigenvalue weighted by atomic mass is 10.1. The molecule has 110 valence electrons. The zero-order valence-corrected chi connectivity index (χ0v) is 12.4. The second-order valence-electron chi connectivity index (χ2n) is 6.06. The molecule has 2 aromatic rings. The first-order chi connectivity index (χ1) is 10.3. The van der Waals surface area contributed by atoms with Crippen molar-refractivity contribution in [3.8, 4) is 0 Å². The van der Waals surface area contributed by atoms with E-state index in [1.54, 1.807) is 0 Å². The zero-order valence-electron chi connectivity index (χ0n) is 12.4. The van der Waals surface area contributed by atoms with Crippen molar-refractivity contribution >= 4 is 16.7 Å². The molecule has 1 aromatic carbocycles. The molecule has 2 saturated heterocycles. The van der Waals surface area contributed by atoms with Crippen LogP contribution in [0.25, 0.3) is 10.9 Å². The van der Waals surface area contributed by atoms with Crippen molar-refractivity contribution in [1.29, 1.82) is 0 Å². The summed E-state index contributed by atoms with van der Waals surface area (Å²) in [4.78, 5) is 7.37. The van der Waals surface area contributed by atoms with Crippen molar-refractivity contribution in [3.63, 3.8) is 0 Å². The molecule has 0 spiro atoms. The van der Waals surface area contributed by atoms with Gasteiger partial charge in [-0.3, -0.25) is 0 Å². The molecule has 4 rings (SSSR count). The van der Waals surface area contributed by atoms with E-state index in [1.165, 1.54) is 23.8 Å². The van der Waals surface area contributed by atoms with Crippen molar-refractivity contribution in [3.05, 3.63) is 35.9 Å². The number of rotatable bonds is 3. The van der Waals surface area contributed by atoms with Gasteiger partial charge in [0.1, 0.15) is 5.82 Å². The summed E-state index contributed by atoms with van der Waals surface area (Å²) < 4.78 is 5.95. The zero-order chi connectivity index (χ0) is 14.2. The van der Waals surface area contributed by atoms with Gasteiger partial charge in [-0.15, -0.1) is 0 Å². The molecule has 3 heterocycles. The highest BCUT2D eigenvalue weighted by atomic mass is 16.5. The number of nitrogens with zero attached hydrogens (tertiary/aromatic N) is 2. The third-order valence-corrected chi connectivity index (χ3v) is 4.49. The fraction of sp³-hybridized carbons (Fsp3) is 0.471. The Kier molecular flexibility index (Phi) is 3.28. The lowest BCUT2D eigenvalue weighted by Gasteiger charge is -2.34. The summed E-state index contributed by atoms with van der Waals surface area (Å²) in [6, 6.07) is 10.6. The average molecular weight is 283 g/mol. The number of benzene rings is 1. The Morgan fingerprint density at radius 2 is 2.00 bits per heavy atom. The van der Waals surface area contributed by atoms with Crippen LogP contribution in [0.1, 0.15) is 18.4 Å². The quantitative estimate of drug-likeness (QED) is 0.938. The number of ether oxygens (including phenoxy) is 1. The highest BCUT2D eigenvalue weighted by molar-refractivity contribution is 5.81. The van der Waals surface area contributed by atoms with Gasteiger partial charge in [-0.2, -0.15) is 0 Å². The highest BCUT2D eigenvalue weighted by Gasteiger charge is 2.34. The largest absolute Gasteiger partial charge is 0.371 e. The molecule has 2 aliphatic rings. The minimum atomic E-state index is 0.388. The number of hydrogen-bond donors (Lipinski definition) is 1. The molecule has 2 aliphatic heterocycles. The predicted molar refractivity (Wildman–Crippen MR) is 84.6 cm³/mol. The molecule has 21 heavy (non-hydrogen) atoms. The Morgan fingerprint density at radius 3 is 2.76 bits per heavy atom. The van der Waals surface area contributed by atoms with Gasteiger partial charge in [0, 0.05) is 30.6 Å². The van der Waals surface area contributed by atoms with E-state index in [2.05, 4.69) is 40.5 Å². The van der Waals surface area contributed by atoms with Crippen LogP contribution >= 0.6 is 0 Å². The standard InChI is InChI=1S/C17H21N3O/c1-18-9-13-8-12-4-2-3-5-16(12)19-17(13)20-10-14-6-7-15(11-20)21-14/h2-5,8,14-15,18H,6-7,9-11H2,1H3. The van der Waals surface area contributed by atoms with Gasteiger partial charge in [-0.1, -0.05) is 18.2 Å². The van der Waals surface area contributed by atoms with E-state index in [1.807, 2.05) is 7.05 Å². The molecule has 4 nitrogen and oxygen atoms in total. The minimum Gasteiger partial charge on any atom is -0.371 e. The summed E-state index contributed by atoms with van der Waals surface area (Å²) in [5.74, 6) is 1.13. The number of nitrogens with one attached hydrogen (secondary N) is 1. The molecule has 2 atom stereocenters. The van der Waals surface area contributed by atoms with Gasteiger partial charge in [0.2, 0.25) is 0 Å². The first-order valence-corrected chi connectivity index (χ1v) is 7.77. The van der Waals surface area contributed by atoms with Crippen LogP contribution in [0.5, 0.6) is 0 Å². The first kappa shape index (κ1) is 13.0. The van der Waals surface area contributed by atoms with E-state index in [0.29, 0.717) is 12.2 Å². The lowest BCUT2D eigenvalue weighted by molar-refractivity contribution is 0.0302. The Labute approximate surface area is 125 Å². The van der Waals surface area contributed by atoms with E-state index in [9.17, 15) is 0 Å². The van der Waals surface area contributed by atoms with Crippen LogP contribution in [-0.4, -0.2) is 37.3 Å². The third-order valence-electron chi connectivity index (χ3n) is 4.49. The average Bonchev–Trinajstić information content (AvgIpc) is 2.85. The molecule has 0 amide bonds. The molecule has 2 fully saturated rings. The van der Waals surface area contributed by atoms with E-state index < -0.39 is 0 Å². The first-order valence-electron chi connectivity index (χ1n) is 7.77. The summed E-state index contributed by atoms with van der Waals surface area (Å²) in [6.07, 6.45) is 3.16. The molecule has 1 aromatic heterocycles. The summed E-state index contributed by atoms with van der Waals surface area (Å²) in [5, 5.41) is 4.48. The maximum Gasteiger partial charge on any atom is 0.133 e.